The van der Waals surface area contributed by atoms with Crippen LogP contribution in [0.1, 0.15) is 21.5 Å². The van der Waals surface area contributed by atoms with Gasteiger partial charge in [-0.05, 0) is 24.3 Å². The quantitative estimate of drug-likeness (QED) is 0.492. The molecule has 0 atom stereocenters. The fourth-order valence-corrected chi connectivity index (χ4v) is 2.50. The SMILES string of the molecule is NC(=O)c1ccc(OCC(=O)NN=C(c2ccccc2)c2ccccc2)cc1. The molecule has 6 nitrogen and oxygen atoms in total. The van der Waals surface area contributed by atoms with Gasteiger partial charge in [-0.25, -0.2) is 5.43 Å². The van der Waals surface area contributed by atoms with Crippen LogP contribution in [0.15, 0.2) is 90.0 Å². The molecule has 0 aromatic heterocycles. The van der Waals surface area contributed by atoms with Crippen molar-refractivity contribution in [1.29, 1.82) is 0 Å². The summed E-state index contributed by atoms with van der Waals surface area (Å²) >= 11 is 0. The Morgan fingerprint density at radius 1 is 0.786 bits per heavy atom. The lowest BCUT2D eigenvalue weighted by Gasteiger charge is -2.09. The Morgan fingerprint density at radius 3 is 1.82 bits per heavy atom. The number of hydrogen-bond donors (Lipinski definition) is 2. The van der Waals surface area contributed by atoms with Crippen molar-refractivity contribution in [3.05, 3.63) is 102 Å². The highest BCUT2D eigenvalue weighted by molar-refractivity contribution is 6.13. The third-order valence-electron chi connectivity index (χ3n) is 3.90. The van der Waals surface area contributed by atoms with E-state index in [1.807, 2.05) is 60.7 Å². The van der Waals surface area contributed by atoms with E-state index >= 15 is 0 Å². The minimum absolute atomic E-state index is 0.212. The van der Waals surface area contributed by atoms with Gasteiger partial charge in [-0.1, -0.05) is 60.7 Å². The Kier molecular flexibility index (Phi) is 6.15. The van der Waals surface area contributed by atoms with Crippen LogP contribution >= 0.6 is 0 Å². The molecular weight excluding hydrogens is 354 g/mol. The van der Waals surface area contributed by atoms with Gasteiger partial charge in [-0.15, -0.1) is 0 Å². The molecule has 3 aromatic carbocycles. The molecular formula is C22H19N3O3. The molecule has 0 saturated carbocycles. The number of nitrogens with zero attached hydrogens (tertiary/aromatic N) is 1. The number of hydrazone groups is 1. The predicted octanol–water partition coefficient (Wildman–Crippen LogP) is 2.73. The molecule has 3 rings (SSSR count). The highest BCUT2D eigenvalue weighted by Crippen LogP contribution is 2.12. The first-order chi connectivity index (χ1) is 13.6. The van der Waals surface area contributed by atoms with Crippen molar-refractivity contribution in [2.45, 2.75) is 0 Å². The van der Waals surface area contributed by atoms with Crippen molar-refractivity contribution in [3.63, 3.8) is 0 Å². The lowest BCUT2D eigenvalue weighted by atomic mass is 10.0. The monoisotopic (exact) mass is 373 g/mol. The Labute approximate surface area is 162 Å². The van der Waals surface area contributed by atoms with Gasteiger partial charge >= 0.3 is 0 Å². The van der Waals surface area contributed by atoms with Crippen LogP contribution in [0.4, 0.5) is 0 Å². The molecule has 3 aromatic rings. The highest BCUT2D eigenvalue weighted by atomic mass is 16.5. The second kappa shape index (κ2) is 9.14. The number of amides is 2. The van der Waals surface area contributed by atoms with Crippen LogP contribution in [0.3, 0.4) is 0 Å². The van der Waals surface area contributed by atoms with Crippen LogP contribution in [0.2, 0.25) is 0 Å². The van der Waals surface area contributed by atoms with Crippen LogP contribution in [-0.4, -0.2) is 24.1 Å². The fraction of sp³-hybridized carbons (Fsp3) is 0.0455. The molecule has 0 unspecified atom stereocenters. The summed E-state index contributed by atoms with van der Waals surface area (Å²) in [5, 5.41) is 4.29. The minimum atomic E-state index is -0.520. The average Bonchev–Trinajstić information content (AvgIpc) is 2.74. The largest absolute Gasteiger partial charge is 0.484 e. The highest BCUT2D eigenvalue weighted by Gasteiger charge is 2.08. The van der Waals surface area contributed by atoms with Crippen LogP contribution < -0.4 is 15.9 Å². The average molecular weight is 373 g/mol. The van der Waals surface area contributed by atoms with E-state index in [1.165, 1.54) is 12.1 Å². The Hall–Kier alpha value is -3.93. The van der Waals surface area contributed by atoms with Gasteiger partial charge in [0.05, 0.1) is 5.71 Å². The smallest absolute Gasteiger partial charge is 0.277 e. The van der Waals surface area contributed by atoms with Gasteiger partial charge in [-0.3, -0.25) is 9.59 Å². The van der Waals surface area contributed by atoms with Gasteiger partial charge in [0.15, 0.2) is 6.61 Å². The number of ether oxygens (including phenoxy) is 1. The van der Waals surface area contributed by atoms with E-state index in [9.17, 15) is 9.59 Å². The zero-order valence-electron chi connectivity index (χ0n) is 15.0. The van der Waals surface area contributed by atoms with Crippen molar-refractivity contribution >= 4 is 17.5 Å². The molecule has 0 bridgehead atoms. The lowest BCUT2D eigenvalue weighted by Crippen LogP contribution is -2.26. The summed E-state index contributed by atoms with van der Waals surface area (Å²) < 4.78 is 5.41. The standard InChI is InChI=1S/C22H19N3O3/c23-22(27)18-11-13-19(14-12-18)28-15-20(26)24-25-21(16-7-3-1-4-8-16)17-9-5-2-6-10-17/h1-14H,15H2,(H2,23,27)(H,24,26). The minimum Gasteiger partial charge on any atom is -0.484 e. The summed E-state index contributed by atoms with van der Waals surface area (Å²) in [5.41, 5.74) is 10.5. The zero-order valence-corrected chi connectivity index (χ0v) is 15.0. The van der Waals surface area contributed by atoms with Crippen molar-refractivity contribution in [1.82, 2.24) is 5.43 Å². The maximum absolute atomic E-state index is 12.1. The van der Waals surface area contributed by atoms with E-state index in [2.05, 4.69) is 10.5 Å². The van der Waals surface area contributed by atoms with Crippen LogP contribution in [0.25, 0.3) is 0 Å². The molecule has 140 valence electrons. The predicted molar refractivity (Wildman–Crippen MR) is 107 cm³/mol. The second-order valence-electron chi connectivity index (χ2n) is 5.90. The maximum Gasteiger partial charge on any atom is 0.277 e. The fourth-order valence-electron chi connectivity index (χ4n) is 2.50. The van der Waals surface area contributed by atoms with E-state index in [1.54, 1.807) is 12.1 Å². The number of rotatable bonds is 7. The van der Waals surface area contributed by atoms with Gasteiger partial charge in [-0.2, -0.15) is 5.10 Å². The molecule has 0 aliphatic rings. The van der Waals surface area contributed by atoms with Crippen molar-refractivity contribution in [2.24, 2.45) is 10.8 Å². The maximum atomic E-state index is 12.1. The van der Waals surface area contributed by atoms with Crippen LogP contribution in [0, 0.1) is 0 Å². The first-order valence-corrected chi connectivity index (χ1v) is 8.63. The summed E-state index contributed by atoms with van der Waals surface area (Å²) in [6, 6.07) is 25.4. The normalized spacial score (nSPS) is 10.0. The Morgan fingerprint density at radius 2 is 1.32 bits per heavy atom. The summed E-state index contributed by atoms with van der Waals surface area (Å²) in [5.74, 6) is -0.466. The van der Waals surface area contributed by atoms with E-state index in [0.717, 1.165) is 11.1 Å². The second-order valence-corrected chi connectivity index (χ2v) is 5.90. The number of hydrogen-bond acceptors (Lipinski definition) is 4. The third-order valence-corrected chi connectivity index (χ3v) is 3.90. The van der Waals surface area contributed by atoms with Crippen molar-refractivity contribution in [3.8, 4) is 5.75 Å². The number of carbonyl (C=O) groups excluding carboxylic acids is 2. The van der Waals surface area contributed by atoms with E-state index < -0.39 is 11.8 Å². The molecule has 0 fully saturated rings. The zero-order chi connectivity index (χ0) is 19.8. The van der Waals surface area contributed by atoms with Gasteiger partial charge in [0.2, 0.25) is 5.91 Å². The summed E-state index contributed by atoms with van der Waals surface area (Å²) in [6.07, 6.45) is 0. The van der Waals surface area contributed by atoms with E-state index in [4.69, 9.17) is 10.5 Å². The van der Waals surface area contributed by atoms with Crippen LogP contribution in [-0.2, 0) is 4.79 Å². The molecule has 0 heterocycles. The van der Waals surface area contributed by atoms with Gasteiger partial charge in [0.1, 0.15) is 5.75 Å². The molecule has 0 radical (unpaired) electrons. The molecule has 0 aliphatic carbocycles. The molecule has 0 aliphatic heterocycles. The third kappa shape index (κ3) is 5.04. The molecule has 28 heavy (non-hydrogen) atoms. The van der Waals surface area contributed by atoms with Crippen molar-refractivity contribution in [2.75, 3.05) is 6.61 Å². The lowest BCUT2D eigenvalue weighted by molar-refractivity contribution is -0.123. The number of nitrogens with two attached hydrogens (primary N) is 1. The number of carbonyl (C=O) groups is 2. The Bertz CT molecular complexity index is 927. The van der Waals surface area contributed by atoms with Crippen LogP contribution in [0.5, 0.6) is 5.75 Å². The molecule has 3 N–H and O–H groups in total. The summed E-state index contributed by atoms with van der Waals surface area (Å²) in [4.78, 5) is 23.2. The Balaban J connectivity index is 1.67. The first kappa shape index (κ1) is 18.8. The molecule has 6 heteroatoms. The number of nitrogens with one attached hydrogen (secondary N) is 1. The number of primary amides is 1. The van der Waals surface area contributed by atoms with Gasteiger partial charge in [0, 0.05) is 16.7 Å². The molecule has 2 amide bonds. The van der Waals surface area contributed by atoms with E-state index in [-0.39, 0.29) is 6.61 Å². The molecule has 0 saturated heterocycles. The number of benzene rings is 3. The van der Waals surface area contributed by atoms with Gasteiger partial charge < -0.3 is 10.5 Å². The van der Waals surface area contributed by atoms with Gasteiger partial charge in [0.25, 0.3) is 5.91 Å². The topological polar surface area (TPSA) is 93.8 Å². The first-order valence-electron chi connectivity index (χ1n) is 8.63. The van der Waals surface area contributed by atoms with Crippen molar-refractivity contribution < 1.29 is 14.3 Å². The summed E-state index contributed by atoms with van der Waals surface area (Å²) in [6.45, 7) is -0.212. The van der Waals surface area contributed by atoms with E-state index in [0.29, 0.717) is 17.0 Å². The summed E-state index contributed by atoms with van der Waals surface area (Å²) in [7, 11) is 0. The molecule has 0 spiro atoms.